The zero-order chi connectivity index (χ0) is 18.2. The molecule has 132 valence electrons. The molecule has 5 heteroatoms. The Labute approximate surface area is 149 Å². The van der Waals surface area contributed by atoms with Crippen LogP contribution in [-0.4, -0.2) is 41.8 Å². The number of hydrogen-bond acceptors (Lipinski definition) is 3. The van der Waals surface area contributed by atoms with Crippen molar-refractivity contribution >= 4 is 17.5 Å². The summed E-state index contributed by atoms with van der Waals surface area (Å²) >= 11 is 0. The Bertz CT molecular complexity index is 716. The number of benzene rings is 1. The number of aromatic nitrogens is 1. The number of carbonyl (C=O) groups is 2. The number of rotatable bonds is 7. The molecule has 0 aliphatic heterocycles. The molecule has 0 N–H and O–H groups in total. The van der Waals surface area contributed by atoms with E-state index in [-0.39, 0.29) is 11.8 Å². The average molecular weight is 339 g/mol. The Balaban J connectivity index is 1.89. The Morgan fingerprint density at radius 1 is 1.08 bits per heavy atom. The van der Waals surface area contributed by atoms with E-state index in [0.29, 0.717) is 19.5 Å². The molecular weight excluding hydrogens is 314 g/mol. The van der Waals surface area contributed by atoms with Gasteiger partial charge in [0, 0.05) is 51.6 Å². The zero-order valence-corrected chi connectivity index (χ0v) is 15.1. The van der Waals surface area contributed by atoms with Crippen molar-refractivity contribution < 1.29 is 9.59 Å². The quantitative estimate of drug-likeness (QED) is 0.779. The van der Waals surface area contributed by atoms with E-state index in [0.717, 1.165) is 23.2 Å². The molecule has 0 unspecified atom stereocenters. The van der Waals surface area contributed by atoms with E-state index >= 15 is 0 Å². The van der Waals surface area contributed by atoms with Gasteiger partial charge in [0.05, 0.1) is 0 Å². The van der Waals surface area contributed by atoms with E-state index < -0.39 is 0 Å². The maximum atomic E-state index is 12.4. The van der Waals surface area contributed by atoms with Crippen molar-refractivity contribution in [2.24, 2.45) is 0 Å². The van der Waals surface area contributed by atoms with Crippen LogP contribution in [0.5, 0.6) is 0 Å². The number of carbonyl (C=O) groups excluding carboxylic acids is 2. The molecule has 25 heavy (non-hydrogen) atoms. The lowest BCUT2D eigenvalue weighted by Gasteiger charge is -2.23. The van der Waals surface area contributed by atoms with Crippen LogP contribution in [0.15, 0.2) is 48.8 Å². The minimum Gasteiger partial charge on any atom is -0.345 e. The highest BCUT2D eigenvalue weighted by Gasteiger charge is 2.15. The van der Waals surface area contributed by atoms with Crippen LogP contribution in [0.3, 0.4) is 0 Å². The summed E-state index contributed by atoms with van der Waals surface area (Å²) in [7, 11) is 1.80. The van der Waals surface area contributed by atoms with Gasteiger partial charge in [0.1, 0.15) is 0 Å². The molecular formula is C20H25N3O2. The number of anilines is 1. The van der Waals surface area contributed by atoms with Gasteiger partial charge in [-0.05, 0) is 48.7 Å². The van der Waals surface area contributed by atoms with Crippen LogP contribution in [0, 0.1) is 6.92 Å². The topological polar surface area (TPSA) is 53.5 Å². The van der Waals surface area contributed by atoms with Gasteiger partial charge >= 0.3 is 0 Å². The molecule has 2 amide bonds. The Kier molecular flexibility index (Phi) is 6.69. The number of likely N-dealkylation sites (N-methyl/N-ethyl adjacent to an activating group) is 1. The highest BCUT2D eigenvalue weighted by molar-refractivity contribution is 5.92. The summed E-state index contributed by atoms with van der Waals surface area (Å²) in [5.41, 5.74) is 3.07. The molecule has 5 nitrogen and oxygen atoms in total. The molecule has 1 aromatic carbocycles. The van der Waals surface area contributed by atoms with Gasteiger partial charge in [-0.2, -0.15) is 0 Å². The molecule has 0 aliphatic carbocycles. The van der Waals surface area contributed by atoms with Crippen molar-refractivity contribution in [3.05, 3.63) is 59.9 Å². The van der Waals surface area contributed by atoms with Crippen molar-refractivity contribution in [3.8, 4) is 0 Å². The van der Waals surface area contributed by atoms with Gasteiger partial charge in [0.2, 0.25) is 11.8 Å². The lowest BCUT2D eigenvalue weighted by molar-refractivity contribution is -0.129. The first-order valence-corrected chi connectivity index (χ1v) is 8.45. The molecule has 0 saturated carbocycles. The standard InChI is InChI=1S/C20H25N3O2/c1-16-5-4-6-19(15-16)23(17(2)24)14-10-20(25)22(3)13-9-18-7-11-21-12-8-18/h4-8,11-12,15H,9-10,13-14H2,1-3H3. The largest absolute Gasteiger partial charge is 0.345 e. The lowest BCUT2D eigenvalue weighted by atomic mass is 10.2. The summed E-state index contributed by atoms with van der Waals surface area (Å²) in [6, 6.07) is 11.7. The Morgan fingerprint density at radius 3 is 2.44 bits per heavy atom. The van der Waals surface area contributed by atoms with Gasteiger partial charge in [-0.25, -0.2) is 0 Å². The zero-order valence-electron chi connectivity index (χ0n) is 15.1. The molecule has 1 aromatic heterocycles. The normalized spacial score (nSPS) is 10.4. The first-order chi connectivity index (χ1) is 12.0. The van der Waals surface area contributed by atoms with Crippen molar-refractivity contribution in [3.63, 3.8) is 0 Å². The molecule has 0 spiro atoms. The minimum atomic E-state index is -0.0576. The molecule has 1 heterocycles. The molecule has 2 aromatic rings. The fraction of sp³-hybridized carbons (Fsp3) is 0.350. The van der Waals surface area contributed by atoms with E-state index in [2.05, 4.69) is 4.98 Å². The molecule has 0 radical (unpaired) electrons. The van der Waals surface area contributed by atoms with E-state index in [1.165, 1.54) is 6.92 Å². The van der Waals surface area contributed by atoms with Crippen LogP contribution in [-0.2, 0) is 16.0 Å². The second-order valence-electron chi connectivity index (χ2n) is 6.18. The van der Waals surface area contributed by atoms with Crippen molar-refractivity contribution in [1.29, 1.82) is 0 Å². The second-order valence-corrected chi connectivity index (χ2v) is 6.18. The molecule has 0 aliphatic rings. The third-order valence-corrected chi connectivity index (χ3v) is 4.15. The van der Waals surface area contributed by atoms with Crippen LogP contribution < -0.4 is 4.90 Å². The first kappa shape index (κ1) is 18.6. The fourth-order valence-corrected chi connectivity index (χ4v) is 2.63. The van der Waals surface area contributed by atoms with Crippen molar-refractivity contribution in [2.75, 3.05) is 25.0 Å². The Morgan fingerprint density at radius 2 is 1.80 bits per heavy atom. The fourth-order valence-electron chi connectivity index (χ4n) is 2.63. The van der Waals surface area contributed by atoms with Crippen LogP contribution in [0.4, 0.5) is 5.69 Å². The van der Waals surface area contributed by atoms with Gasteiger partial charge in [0.15, 0.2) is 0 Å². The van der Waals surface area contributed by atoms with Crippen LogP contribution in [0.25, 0.3) is 0 Å². The maximum Gasteiger partial charge on any atom is 0.224 e. The van der Waals surface area contributed by atoms with Crippen LogP contribution in [0.1, 0.15) is 24.5 Å². The number of amides is 2. The first-order valence-electron chi connectivity index (χ1n) is 8.45. The molecule has 2 rings (SSSR count). The highest BCUT2D eigenvalue weighted by atomic mass is 16.2. The van der Waals surface area contributed by atoms with Crippen LogP contribution in [0.2, 0.25) is 0 Å². The number of pyridine rings is 1. The summed E-state index contributed by atoms with van der Waals surface area (Å²) in [6.07, 6.45) is 4.60. The minimum absolute atomic E-state index is 0.0351. The summed E-state index contributed by atoms with van der Waals surface area (Å²) in [5.74, 6) is -0.0224. The summed E-state index contributed by atoms with van der Waals surface area (Å²) in [5, 5.41) is 0. The van der Waals surface area contributed by atoms with Gasteiger partial charge in [-0.15, -0.1) is 0 Å². The summed E-state index contributed by atoms with van der Waals surface area (Å²) < 4.78 is 0. The van der Waals surface area contributed by atoms with Gasteiger partial charge < -0.3 is 9.80 Å². The third-order valence-electron chi connectivity index (χ3n) is 4.15. The van der Waals surface area contributed by atoms with Gasteiger partial charge in [-0.3, -0.25) is 14.6 Å². The van der Waals surface area contributed by atoms with Crippen molar-refractivity contribution in [2.45, 2.75) is 26.7 Å². The predicted molar refractivity (Wildman–Crippen MR) is 99.4 cm³/mol. The van der Waals surface area contributed by atoms with Crippen molar-refractivity contribution in [1.82, 2.24) is 9.88 Å². The summed E-state index contributed by atoms with van der Waals surface area (Å²) in [6.45, 7) is 4.55. The maximum absolute atomic E-state index is 12.4. The Hall–Kier alpha value is -2.69. The predicted octanol–water partition coefficient (Wildman–Crippen LogP) is 2.83. The highest BCUT2D eigenvalue weighted by Crippen LogP contribution is 2.16. The second kappa shape index (κ2) is 8.97. The molecule has 0 bridgehead atoms. The third kappa shape index (κ3) is 5.71. The number of nitrogens with zero attached hydrogens (tertiary/aromatic N) is 3. The molecule has 0 fully saturated rings. The average Bonchev–Trinajstić information content (AvgIpc) is 2.60. The van der Waals surface area contributed by atoms with Gasteiger partial charge in [-0.1, -0.05) is 12.1 Å². The van der Waals surface area contributed by atoms with Crippen LogP contribution >= 0.6 is 0 Å². The van der Waals surface area contributed by atoms with E-state index in [9.17, 15) is 9.59 Å². The molecule has 0 atom stereocenters. The molecule has 0 saturated heterocycles. The summed E-state index contributed by atoms with van der Waals surface area (Å²) in [4.78, 5) is 31.7. The number of aryl methyl sites for hydroxylation is 1. The van der Waals surface area contributed by atoms with E-state index in [1.807, 2.05) is 43.3 Å². The lowest BCUT2D eigenvalue weighted by Crippen LogP contribution is -2.35. The monoisotopic (exact) mass is 339 g/mol. The smallest absolute Gasteiger partial charge is 0.224 e. The van der Waals surface area contributed by atoms with Gasteiger partial charge in [0.25, 0.3) is 0 Å². The SMILES string of the molecule is CC(=O)N(CCC(=O)N(C)CCc1ccncc1)c1cccc(C)c1. The number of hydrogen-bond donors (Lipinski definition) is 0. The van der Waals surface area contributed by atoms with E-state index in [1.54, 1.807) is 29.2 Å². The van der Waals surface area contributed by atoms with E-state index in [4.69, 9.17) is 0 Å².